The molecule has 2 saturated heterocycles. The van der Waals surface area contributed by atoms with Crippen molar-refractivity contribution in [3.63, 3.8) is 0 Å². The van der Waals surface area contributed by atoms with Gasteiger partial charge in [-0.05, 0) is 62.7 Å². The molecule has 15 heteroatoms. The number of fused-ring (bicyclic) bond motifs is 1. The summed E-state index contributed by atoms with van der Waals surface area (Å²) in [6, 6.07) is 9.29. The van der Waals surface area contributed by atoms with Crippen LogP contribution in [0, 0.1) is 17.2 Å². The Hall–Kier alpha value is -4.55. The number of alkyl halides is 2. The molecule has 1 atom stereocenters. The molecule has 6 rings (SSSR count). The number of nitriles is 1. The molecule has 0 unspecified atom stereocenters. The number of amides is 1. The first kappa shape index (κ1) is 32.4. The highest BCUT2D eigenvalue weighted by Crippen LogP contribution is 2.37. The number of nitrogens with one attached hydrogen (secondary N) is 1. The lowest BCUT2D eigenvalue weighted by Gasteiger charge is -2.41. The summed E-state index contributed by atoms with van der Waals surface area (Å²) in [6.07, 6.45) is 11.8. The average molecular weight is 664 g/mol. The highest BCUT2D eigenvalue weighted by atomic mass is 32.2. The minimum atomic E-state index is -3.06. The third-order valence-corrected chi connectivity index (χ3v) is 9.43. The second-order valence-corrected chi connectivity index (χ2v) is 12.5. The quantitative estimate of drug-likeness (QED) is 0.181. The number of thioether (sulfide) groups is 1. The van der Waals surface area contributed by atoms with Crippen LogP contribution in [0.25, 0.3) is 16.9 Å². The van der Waals surface area contributed by atoms with Gasteiger partial charge in [-0.1, -0.05) is 0 Å². The van der Waals surface area contributed by atoms with Crippen LogP contribution in [0.5, 0.6) is 5.75 Å². The fourth-order valence-corrected chi connectivity index (χ4v) is 6.75. The van der Waals surface area contributed by atoms with Gasteiger partial charge in [-0.15, -0.1) is 11.8 Å². The van der Waals surface area contributed by atoms with Gasteiger partial charge in [-0.25, -0.2) is 9.50 Å². The molecule has 1 aromatic carbocycles. The molecule has 0 aliphatic carbocycles. The fourth-order valence-electron chi connectivity index (χ4n) is 6.31. The highest BCUT2D eigenvalue weighted by Gasteiger charge is 2.30. The minimum Gasteiger partial charge on any atom is -0.434 e. The van der Waals surface area contributed by atoms with E-state index in [1.807, 2.05) is 11.2 Å². The molecule has 2 aliphatic rings. The van der Waals surface area contributed by atoms with Crippen LogP contribution in [0.15, 0.2) is 53.9 Å². The van der Waals surface area contributed by atoms with Gasteiger partial charge in [-0.3, -0.25) is 19.2 Å². The van der Waals surface area contributed by atoms with Gasteiger partial charge in [0.1, 0.15) is 18.0 Å². The molecule has 0 bridgehead atoms. The summed E-state index contributed by atoms with van der Waals surface area (Å²) >= 11 is 1.43. The van der Waals surface area contributed by atoms with E-state index < -0.39 is 6.61 Å². The van der Waals surface area contributed by atoms with Crippen LogP contribution in [0.2, 0.25) is 0 Å². The first-order valence-electron chi connectivity index (χ1n) is 15.5. The molecular formula is C32H35F2N9O3S. The molecule has 0 radical (unpaired) electrons. The molecule has 5 heterocycles. The summed E-state index contributed by atoms with van der Waals surface area (Å²) in [6.45, 7) is -0.327. The fraction of sp³-hybridized carbons (Fsp3) is 0.438. The number of nitrogens with zero attached hydrogens (tertiary/aromatic N) is 8. The van der Waals surface area contributed by atoms with Crippen LogP contribution in [0.4, 0.5) is 14.5 Å². The third-order valence-electron chi connectivity index (χ3n) is 8.70. The van der Waals surface area contributed by atoms with E-state index in [0.717, 1.165) is 43.7 Å². The summed E-state index contributed by atoms with van der Waals surface area (Å²) in [5.74, 6) is -0.412. The van der Waals surface area contributed by atoms with Crippen molar-refractivity contribution in [2.45, 2.75) is 49.8 Å². The van der Waals surface area contributed by atoms with E-state index in [2.05, 4.69) is 31.5 Å². The van der Waals surface area contributed by atoms with Gasteiger partial charge in [0, 0.05) is 54.7 Å². The van der Waals surface area contributed by atoms with E-state index in [9.17, 15) is 23.6 Å². The molecule has 4 aromatic rings. The Morgan fingerprint density at radius 1 is 1.21 bits per heavy atom. The van der Waals surface area contributed by atoms with Gasteiger partial charge in [0.15, 0.2) is 11.4 Å². The second-order valence-electron chi connectivity index (χ2n) is 11.6. The van der Waals surface area contributed by atoms with Crippen molar-refractivity contribution in [1.82, 2.24) is 34.2 Å². The molecule has 3 aromatic heterocycles. The van der Waals surface area contributed by atoms with Crippen LogP contribution in [-0.2, 0) is 11.3 Å². The molecule has 2 fully saturated rings. The van der Waals surface area contributed by atoms with Crippen molar-refractivity contribution < 1.29 is 23.1 Å². The Kier molecular flexibility index (Phi) is 9.98. The molecule has 246 valence electrons. The zero-order chi connectivity index (χ0) is 32.9. The number of rotatable bonds is 11. The number of carbonyl (C=O) groups excluding carboxylic acids is 2. The van der Waals surface area contributed by atoms with Gasteiger partial charge in [0.05, 0.1) is 36.0 Å². The highest BCUT2D eigenvalue weighted by molar-refractivity contribution is 7.98. The number of halogens is 2. The number of piperidine rings is 2. The zero-order valence-electron chi connectivity index (χ0n) is 25.9. The standard InChI is InChI=1S/C32H35F2N9O3S/c1-47-23-5-6-28(46-32(33)34)24(14-23)30-26(37-17-27(44)25-16-38-43-11-3-9-36-31(25)43)19-42(39-30)20-29(45)40-12-7-22(8-13-40)41-10-2-4-21(15-35)18-41/h3,5-6,9,11,14,16,19,21-22,32,37H,2,4,7-8,10,12-13,17-18,20H2,1H3/t21-/m0/s1. The maximum absolute atomic E-state index is 13.5. The van der Waals surface area contributed by atoms with Gasteiger partial charge in [0.2, 0.25) is 5.91 Å². The number of likely N-dealkylation sites (tertiary alicyclic amines) is 2. The topological polar surface area (TPSA) is 134 Å². The van der Waals surface area contributed by atoms with Crippen molar-refractivity contribution in [3.8, 4) is 23.1 Å². The van der Waals surface area contributed by atoms with Crippen LogP contribution < -0.4 is 10.1 Å². The molecule has 12 nitrogen and oxygen atoms in total. The summed E-state index contributed by atoms with van der Waals surface area (Å²) < 4.78 is 34.6. The second kappa shape index (κ2) is 14.5. The first-order valence-corrected chi connectivity index (χ1v) is 16.7. The minimum absolute atomic E-state index is 0.0648. The van der Waals surface area contributed by atoms with Gasteiger partial charge in [-0.2, -0.15) is 24.2 Å². The SMILES string of the molecule is CSc1ccc(OC(F)F)c(-c2nn(CC(=O)N3CCC(N4CCC[C@@H](C#N)C4)CC3)cc2NCC(=O)c2cnn3cccnc23)c1. The van der Waals surface area contributed by atoms with E-state index in [0.29, 0.717) is 41.6 Å². The lowest BCUT2D eigenvalue weighted by molar-refractivity contribution is -0.133. The van der Waals surface area contributed by atoms with Gasteiger partial charge >= 0.3 is 6.61 Å². The van der Waals surface area contributed by atoms with E-state index in [-0.39, 0.29) is 42.1 Å². The van der Waals surface area contributed by atoms with Crippen molar-refractivity contribution in [2.24, 2.45) is 5.92 Å². The normalized spacial score (nSPS) is 17.6. The number of Topliss-reactive ketones (excluding diaryl/α,β-unsaturated/α-hetero) is 1. The molecule has 1 amide bonds. The Bertz CT molecular complexity index is 1780. The monoisotopic (exact) mass is 663 g/mol. The Labute approximate surface area is 274 Å². The molecular weight excluding hydrogens is 628 g/mol. The maximum atomic E-state index is 13.5. The molecule has 47 heavy (non-hydrogen) atoms. The smallest absolute Gasteiger partial charge is 0.387 e. The van der Waals surface area contributed by atoms with E-state index >= 15 is 0 Å². The number of ether oxygens (including phenoxy) is 1. The van der Waals surface area contributed by atoms with E-state index in [4.69, 9.17) is 4.74 Å². The lowest BCUT2D eigenvalue weighted by atomic mass is 9.95. The number of carbonyl (C=O) groups is 2. The summed E-state index contributed by atoms with van der Waals surface area (Å²) in [7, 11) is 0. The maximum Gasteiger partial charge on any atom is 0.387 e. The lowest BCUT2D eigenvalue weighted by Crippen LogP contribution is -2.50. The molecule has 0 spiro atoms. The number of aromatic nitrogens is 5. The van der Waals surface area contributed by atoms with Crippen molar-refractivity contribution in [3.05, 3.63) is 54.6 Å². The largest absolute Gasteiger partial charge is 0.434 e. The van der Waals surface area contributed by atoms with Gasteiger partial charge < -0.3 is 15.0 Å². The zero-order valence-corrected chi connectivity index (χ0v) is 26.7. The van der Waals surface area contributed by atoms with Crippen molar-refractivity contribution >= 4 is 34.8 Å². The Morgan fingerprint density at radius 3 is 2.81 bits per heavy atom. The molecule has 1 N–H and O–H groups in total. The predicted molar refractivity (Wildman–Crippen MR) is 171 cm³/mol. The van der Waals surface area contributed by atoms with Crippen molar-refractivity contribution in [2.75, 3.05) is 44.3 Å². The molecule has 2 aliphatic heterocycles. The number of anilines is 1. The van der Waals surface area contributed by atoms with Crippen LogP contribution in [-0.4, -0.2) is 97.5 Å². The average Bonchev–Trinajstić information content (AvgIpc) is 3.71. The van der Waals surface area contributed by atoms with Crippen molar-refractivity contribution in [1.29, 1.82) is 5.26 Å². The van der Waals surface area contributed by atoms with Gasteiger partial charge in [0.25, 0.3) is 0 Å². The Morgan fingerprint density at radius 2 is 2.04 bits per heavy atom. The predicted octanol–water partition coefficient (Wildman–Crippen LogP) is 4.44. The first-order chi connectivity index (χ1) is 22.8. The number of hydrogen-bond donors (Lipinski definition) is 1. The van der Waals surface area contributed by atoms with E-state index in [1.165, 1.54) is 33.2 Å². The summed E-state index contributed by atoms with van der Waals surface area (Å²) in [5.41, 5.74) is 1.68. The number of hydrogen-bond acceptors (Lipinski definition) is 10. The van der Waals surface area contributed by atoms with E-state index in [1.54, 1.807) is 36.8 Å². The summed E-state index contributed by atoms with van der Waals surface area (Å²) in [5, 5.41) is 21.3. The molecule has 0 saturated carbocycles. The van der Waals surface area contributed by atoms with Crippen LogP contribution in [0.1, 0.15) is 36.0 Å². The number of benzene rings is 1. The van der Waals surface area contributed by atoms with Crippen LogP contribution in [0.3, 0.4) is 0 Å². The van der Waals surface area contributed by atoms with Crippen LogP contribution >= 0.6 is 11.8 Å². The Balaban J connectivity index is 1.21. The number of ketones is 1. The third kappa shape index (κ3) is 7.39. The summed E-state index contributed by atoms with van der Waals surface area (Å²) in [4.78, 5) is 35.9.